The Kier molecular flexibility index (Phi) is 6.11. The summed E-state index contributed by atoms with van der Waals surface area (Å²) in [6, 6.07) is 11.7. The molecule has 0 saturated carbocycles. The lowest BCUT2D eigenvalue weighted by molar-refractivity contribution is -0.136. The Morgan fingerprint density at radius 2 is 1.94 bits per heavy atom. The summed E-state index contributed by atoms with van der Waals surface area (Å²) in [5.74, 6) is 0.885. The van der Waals surface area contributed by atoms with Crippen LogP contribution in [0.1, 0.15) is 37.7 Å². The van der Waals surface area contributed by atoms with E-state index in [0.29, 0.717) is 51.3 Å². The predicted molar refractivity (Wildman–Crippen MR) is 119 cm³/mol. The summed E-state index contributed by atoms with van der Waals surface area (Å²) in [7, 11) is 0. The fourth-order valence-electron chi connectivity index (χ4n) is 4.35. The largest absolute Gasteiger partial charge is 0.388 e. The van der Waals surface area contributed by atoms with Crippen LogP contribution in [0.2, 0.25) is 0 Å². The molecule has 0 spiro atoms. The number of nitrogens with zero attached hydrogens (tertiary/aromatic N) is 4. The number of rotatable bonds is 6. The molecule has 166 valence electrons. The van der Waals surface area contributed by atoms with Crippen LogP contribution in [0.5, 0.6) is 0 Å². The zero-order valence-corrected chi connectivity index (χ0v) is 18.0. The van der Waals surface area contributed by atoms with Gasteiger partial charge in [0.15, 0.2) is 0 Å². The highest BCUT2D eigenvalue weighted by atomic mass is 16.3. The van der Waals surface area contributed by atoms with Gasteiger partial charge in [-0.3, -0.25) is 14.2 Å². The average Bonchev–Trinajstić information content (AvgIpc) is 2.74. The molecule has 0 radical (unpaired) electrons. The quantitative estimate of drug-likeness (QED) is 0.714. The van der Waals surface area contributed by atoms with E-state index in [1.54, 1.807) is 0 Å². The number of aliphatic hydroxyl groups is 1. The maximum atomic E-state index is 12.7. The molecule has 1 atom stereocenters. The third-order valence-electron chi connectivity index (χ3n) is 6.46. The number of anilines is 1. The zero-order chi connectivity index (χ0) is 22.0. The minimum absolute atomic E-state index is 0.106. The Labute approximate surface area is 182 Å². The number of hydrogen-bond donors (Lipinski definition) is 2. The highest BCUT2D eigenvalue weighted by Gasteiger charge is 2.35. The van der Waals surface area contributed by atoms with Gasteiger partial charge >= 0.3 is 0 Å². The first-order chi connectivity index (χ1) is 14.8. The Balaban J connectivity index is 1.31. The van der Waals surface area contributed by atoms with Crippen LogP contribution >= 0.6 is 0 Å². The summed E-state index contributed by atoms with van der Waals surface area (Å²) >= 11 is 0. The topological polar surface area (TPSA) is 105 Å². The molecule has 4 rings (SSSR count). The molecule has 31 heavy (non-hydrogen) atoms. The minimum Gasteiger partial charge on any atom is -0.388 e. The third kappa shape index (κ3) is 4.97. The van der Waals surface area contributed by atoms with Crippen molar-refractivity contribution in [2.75, 3.05) is 31.1 Å². The van der Waals surface area contributed by atoms with Gasteiger partial charge < -0.3 is 20.6 Å². The van der Waals surface area contributed by atoms with Gasteiger partial charge in [-0.15, -0.1) is 0 Å². The van der Waals surface area contributed by atoms with Crippen molar-refractivity contribution in [3.8, 4) is 0 Å². The first-order valence-corrected chi connectivity index (χ1v) is 11.0. The molecule has 8 heteroatoms. The molecular formula is C23H31N5O3. The van der Waals surface area contributed by atoms with Crippen LogP contribution < -0.4 is 16.2 Å². The standard InChI is InChI=1S/C23H31N5O3/c1-17(18-5-3-2-4-6-18)11-21(29)26-9-7-23(31,8-10-26)15-28-16-25-20(12-22(28)30)27-13-19(24)14-27/h2-6,12,16-17,19,31H,7-11,13-15,24H2,1H3/t17-/m1/s1. The van der Waals surface area contributed by atoms with Crippen molar-refractivity contribution in [2.24, 2.45) is 5.73 Å². The van der Waals surface area contributed by atoms with Crippen LogP contribution in [-0.4, -0.2) is 63.3 Å². The Bertz CT molecular complexity index is 963. The van der Waals surface area contributed by atoms with Gasteiger partial charge in [0.05, 0.1) is 18.5 Å². The smallest absolute Gasteiger partial charge is 0.255 e. The summed E-state index contributed by atoms with van der Waals surface area (Å²) in [4.78, 5) is 33.4. The van der Waals surface area contributed by atoms with E-state index >= 15 is 0 Å². The monoisotopic (exact) mass is 425 g/mol. The third-order valence-corrected chi connectivity index (χ3v) is 6.46. The Morgan fingerprint density at radius 1 is 1.26 bits per heavy atom. The van der Waals surface area contributed by atoms with E-state index in [4.69, 9.17) is 5.73 Å². The maximum absolute atomic E-state index is 12.7. The lowest BCUT2D eigenvalue weighted by Gasteiger charge is -2.39. The van der Waals surface area contributed by atoms with Gasteiger partial charge in [-0.25, -0.2) is 4.98 Å². The molecule has 0 aliphatic carbocycles. The summed E-state index contributed by atoms with van der Waals surface area (Å²) in [6.07, 6.45) is 2.83. The molecule has 8 nitrogen and oxygen atoms in total. The lowest BCUT2D eigenvalue weighted by atomic mass is 9.90. The predicted octanol–water partition coefficient (Wildman–Crippen LogP) is 0.938. The van der Waals surface area contributed by atoms with Gasteiger partial charge in [-0.2, -0.15) is 0 Å². The highest BCUT2D eigenvalue weighted by molar-refractivity contribution is 5.77. The molecule has 1 aromatic heterocycles. The van der Waals surface area contributed by atoms with Crippen molar-refractivity contribution in [1.29, 1.82) is 0 Å². The van der Waals surface area contributed by atoms with Crippen molar-refractivity contribution in [1.82, 2.24) is 14.5 Å². The lowest BCUT2D eigenvalue weighted by Crippen LogP contribution is -2.56. The molecule has 1 aromatic carbocycles. The van der Waals surface area contributed by atoms with Gasteiger partial charge in [-0.05, 0) is 24.3 Å². The van der Waals surface area contributed by atoms with E-state index in [2.05, 4.69) is 11.9 Å². The number of benzene rings is 1. The van der Waals surface area contributed by atoms with Gasteiger partial charge in [0.2, 0.25) is 5.91 Å². The number of amides is 1. The van der Waals surface area contributed by atoms with Crippen LogP contribution in [0.25, 0.3) is 0 Å². The number of nitrogens with two attached hydrogens (primary N) is 1. The van der Waals surface area contributed by atoms with Crippen molar-refractivity contribution in [3.63, 3.8) is 0 Å². The van der Waals surface area contributed by atoms with E-state index in [-0.39, 0.29) is 30.0 Å². The van der Waals surface area contributed by atoms with Gasteiger partial charge in [-0.1, -0.05) is 37.3 Å². The highest BCUT2D eigenvalue weighted by Crippen LogP contribution is 2.26. The fourth-order valence-corrected chi connectivity index (χ4v) is 4.35. The summed E-state index contributed by atoms with van der Waals surface area (Å²) in [5, 5.41) is 11.0. The molecule has 2 saturated heterocycles. The van der Waals surface area contributed by atoms with Gasteiger partial charge in [0, 0.05) is 44.7 Å². The fraction of sp³-hybridized carbons (Fsp3) is 0.522. The Morgan fingerprint density at radius 3 is 2.55 bits per heavy atom. The van der Waals surface area contributed by atoms with Crippen molar-refractivity contribution < 1.29 is 9.90 Å². The second-order valence-corrected chi connectivity index (χ2v) is 9.00. The van der Waals surface area contributed by atoms with Gasteiger partial charge in [0.25, 0.3) is 5.56 Å². The number of aromatic nitrogens is 2. The first kappa shape index (κ1) is 21.5. The normalized spacial score (nSPS) is 19.7. The number of likely N-dealkylation sites (tertiary alicyclic amines) is 1. The number of carbonyl (C=O) groups is 1. The van der Waals surface area contributed by atoms with Crippen LogP contribution in [-0.2, 0) is 11.3 Å². The Hall–Kier alpha value is -2.71. The van der Waals surface area contributed by atoms with E-state index in [0.717, 1.165) is 5.56 Å². The van der Waals surface area contributed by atoms with Crippen LogP contribution in [0.4, 0.5) is 5.82 Å². The number of piperidine rings is 1. The first-order valence-electron chi connectivity index (χ1n) is 11.0. The summed E-state index contributed by atoms with van der Waals surface area (Å²) < 4.78 is 1.46. The van der Waals surface area contributed by atoms with E-state index in [9.17, 15) is 14.7 Å². The van der Waals surface area contributed by atoms with Gasteiger partial charge in [0.1, 0.15) is 5.82 Å². The molecule has 2 aliphatic rings. The SMILES string of the molecule is C[C@H](CC(=O)N1CCC(O)(Cn2cnc(N3CC(N)C3)cc2=O)CC1)c1ccccc1. The molecule has 2 fully saturated rings. The van der Waals surface area contributed by atoms with Crippen molar-refractivity contribution >= 4 is 11.7 Å². The average molecular weight is 426 g/mol. The molecule has 3 N–H and O–H groups in total. The molecule has 0 bridgehead atoms. The van der Waals surface area contributed by atoms with E-state index in [1.165, 1.54) is 17.0 Å². The molecule has 2 aromatic rings. The molecule has 1 amide bonds. The minimum atomic E-state index is -1.02. The number of hydrogen-bond acceptors (Lipinski definition) is 6. The van der Waals surface area contributed by atoms with E-state index < -0.39 is 5.60 Å². The second kappa shape index (κ2) is 8.80. The molecular weight excluding hydrogens is 394 g/mol. The van der Waals surface area contributed by atoms with Crippen LogP contribution in [0, 0.1) is 0 Å². The second-order valence-electron chi connectivity index (χ2n) is 9.00. The molecule has 0 unspecified atom stereocenters. The van der Waals surface area contributed by atoms with E-state index in [1.807, 2.05) is 40.1 Å². The van der Waals surface area contributed by atoms with Crippen LogP contribution in [0.15, 0.2) is 47.5 Å². The van der Waals surface area contributed by atoms with Crippen molar-refractivity contribution in [2.45, 2.75) is 50.3 Å². The maximum Gasteiger partial charge on any atom is 0.255 e. The number of carbonyl (C=O) groups excluding carboxylic acids is 1. The summed E-state index contributed by atoms with van der Waals surface area (Å²) in [6.45, 7) is 4.62. The molecule has 3 heterocycles. The van der Waals surface area contributed by atoms with Crippen molar-refractivity contribution in [3.05, 3.63) is 58.6 Å². The molecule has 2 aliphatic heterocycles. The zero-order valence-electron chi connectivity index (χ0n) is 18.0. The summed E-state index contributed by atoms with van der Waals surface area (Å²) in [5.41, 5.74) is 5.74. The van der Waals surface area contributed by atoms with Crippen LogP contribution in [0.3, 0.4) is 0 Å².